The summed E-state index contributed by atoms with van der Waals surface area (Å²) in [6.07, 6.45) is 1.58. The molecule has 1 saturated heterocycles. The Bertz CT molecular complexity index is 1150. The van der Waals surface area contributed by atoms with Gasteiger partial charge >= 0.3 is 0 Å². The van der Waals surface area contributed by atoms with E-state index in [0.717, 1.165) is 49.4 Å². The molecular weight excluding hydrogens is 452 g/mol. The molecule has 2 aromatic carbocycles. The number of ether oxygens (including phenoxy) is 1. The number of nitrogens with zero attached hydrogens (tertiary/aromatic N) is 2. The zero-order chi connectivity index (χ0) is 26.0. The molecule has 2 aliphatic heterocycles. The maximum absolute atomic E-state index is 13.3. The highest BCUT2D eigenvalue weighted by atomic mass is 16.5. The number of rotatable bonds is 9. The van der Waals surface area contributed by atoms with Crippen LogP contribution < -0.4 is 4.74 Å². The van der Waals surface area contributed by atoms with Crippen LogP contribution in [0.25, 0.3) is 5.76 Å². The molecule has 0 radical (unpaired) electrons. The number of fused-ring (bicyclic) bond motifs is 1. The maximum Gasteiger partial charge on any atom is 0.295 e. The van der Waals surface area contributed by atoms with Crippen molar-refractivity contribution < 1.29 is 19.4 Å². The van der Waals surface area contributed by atoms with E-state index in [4.69, 9.17) is 4.74 Å². The topological polar surface area (TPSA) is 70.1 Å². The fraction of sp³-hybridized carbons (Fsp3) is 0.467. The molecule has 2 heterocycles. The van der Waals surface area contributed by atoms with Gasteiger partial charge in [-0.1, -0.05) is 52.0 Å². The van der Waals surface area contributed by atoms with E-state index in [9.17, 15) is 14.7 Å². The number of carbonyl (C=O) groups excluding carboxylic acids is 2. The van der Waals surface area contributed by atoms with Gasteiger partial charge in [0.25, 0.3) is 11.7 Å². The smallest absolute Gasteiger partial charge is 0.295 e. The van der Waals surface area contributed by atoms with E-state index >= 15 is 0 Å². The average molecular weight is 491 g/mol. The van der Waals surface area contributed by atoms with Crippen LogP contribution in [0.4, 0.5) is 0 Å². The van der Waals surface area contributed by atoms with Crippen LogP contribution in [0.5, 0.6) is 5.75 Å². The summed E-state index contributed by atoms with van der Waals surface area (Å²) in [5.41, 5.74) is 3.72. The lowest BCUT2D eigenvalue weighted by molar-refractivity contribution is -0.140. The Morgan fingerprint density at radius 2 is 1.81 bits per heavy atom. The van der Waals surface area contributed by atoms with Gasteiger partial charge in [0, 0.05) is 18.5 Å². The second kappa shape index (κ2) is 10.9. The van der Waals surface area contributed by atoms with Gasteiger partial charge in [0.05, 0.1) is 11.6 Å². The maximum atomic E-state index is 13.3. The quantitative estimate of drug-likeness (QED) is 0.294. The fourth-order valence-corrected chi connectivity index (χ4v) is 5.25. The summed E-state index contributed by atoms with van der Waals surface area (Å²) < 4.78 is 5.79. The Kier molecular flexibility index (Phi) is 7.84. The fourth-order valence-electron chi connectivity index (χ4n) is 5.25. The molecule has 4 rings (SSSR count). The van der Waals surface area contributed by atoms with Crippen molar-refractivity contribution in [3.05, 3.63) is 70.3 Å². The summed E-state index contributed by atoms with van der Waals surface area (Å²) in [6.45, 7) is 13.7. The van der Waals surface area contributed by atoms with Crippen LogP contribution in [0.2, 0.25) is 0 Å². The lowest BCUT2D eigenvalue weighted by atomic mass is 9.92. The highest BCUT2D eigenvalue weighted by Gasteiger charge is 2.45. The third-order valence-electron chi connectivity index (χ3n) is 7.40. The molecule has 1 fully saturated rings. The summed E-state index contributed by atoms with van der Waals surface area (Å²) >= 11 is 0. The molecule has 6 nitrogen and oxygen atoms in total. The van der Waals surface area contributed by atoms with Crippen LogP contribution in [0.3, 0.4) is 0 Å². The van der Waals surface area contributed by atoms with Gasteiger partial charge in [0.2, 0.25) is 0 Å². The van der Waals surface area contributed by atoms with Crippen LogP contribution >= 0.6 is 0 Å². The molecule has 6 heteroatoms. The predicted molar refractivity (Wildman–Crippen MR) is 142 cm³/mol. The summed E-state index contributed by atoms with van der Waals surface area (Å²) in [6, 6.07) is 12.9. The molecule has 1 N–H and O–H groups in total. The van der Waals surface area contributed by atoms with Crippen molar-refractivity contribution >= 4 is 17.4 Å². The van der Waals surface area contributed by atoms with E-state index in [1.54, 1.807) is 11.0 Å². The van der Waals surface area contributed by atoms with Crippen LogP contribution in [-0.2, 0) is 16.0 Å². The van der Waals surface area contributed by atoms with Crippen LogP contribution in [-0.4, -0.2) is 58.9 Å². The standard InChI is InChI=1S/C30H38N2O4/c1-6-31(7-2)15-8-16-32-27(22-11-9-21(10-12-22)19(3)4)26(29(34)30(32)35)28(33)23-13-14-25-24(18-23)17-20(5)36-25/h9-14,18-20,27,33H,6-8,15-17H2,1-5H3/b28-26+/t20-,27-/m0/s1. The summed E-state index contributed by atoms with van der Waals surface area (Å²) in [7, 11) is 0. The molecule has 2 aliphatic rings. The second-order valence-electron chi connectivity index (χ2n) is 10.1. The number of Topliss-reactive ketones (excluding diaryl/α,β-unsaturated/α-hetero) is 1. The number of hydrogen-bond acceptors (Lipinski definition) is 5. The first kappa shape index (κ1) is 26.0. The number of carbonyl (C=O) groups is 2. The van der Waals surface area contributed by atoms with E-state index in [0.29, 0.717) is 18.0 Å². The number of likely N-dealkylation sites (tertiary alicyclic amines) is 1. The van der Waals surface area contributed by atoms with Gasteiger partial charge in [-0.15, -0.1) is 0 Å². The van der Waals surface area contributed by atoms with Crippen LogP contribution in [0.1, 0.15) is 75.3 Å². The summed E-state index contributed by atoms with van der Waals surface area (Å²) in [5.74, 6) is -0.127. The molecule has 1 amide bonds. The number of benzene rings is 2. The highest BCUT2D eigenvalue weighted by molar-refractivity contribution is 6.46. The van der Waals surface area contributed by atoms with Gasteiger partial charge in [0.15, 0.2) is 0 Å². The second-order valence-corrected chi connectivity index (χ2v) is 10.1. The van der Waals surface area contributed by atoms with E-state index < -0.39 is 17.7 Å². The van der Waals surface area contributed by atoms with Crippen molar-refractivity contribution in [2.75, 3.05) is 26.2 Å². The third kappa shape index (κ3) is 5.05. The van der Waals surface area contributed by atoms with Crippen molar-refractivity contribution in [1.82, 2.24) is 9.80 Å². The van der Waals surface area contributed by atoms with E-state index in [1.165, 1.54) is 5.56 Å². The lowest BCUT2D eigenvalue weighted by Crippen LogP contribution is -2.33. The number of amides is 1. The highest BCUT2D eigenvalue weighted by Crippen LogP contribution is 2.41. The number of aliphatic hydroxyl groups excluding tert-OH is 1. The van der Waals surface area contributed by atoms with Crippen molar-refractivity contribution in [2.45, 2.75) is 65.5 Å². The van der Waals surface area contributed by atoms with Crippen molar-refractivity contribution in [3.63, 3.8) is 0 Å². The number of aliphatic hydroxyl groups is 1. The molecule has 0 spiro atoms. The van der Waals surface area contributed by atoms with Gasteiger partial charge in [-0.25, -0.2) is 0 Å². The number of ketones is 1. The SMILES string of the molecule is CCN(CC)CCCN1C(=O)C(=O)/C(=C(/O)c2ccc3c(c2)C[C@H](C)O3)[C@@H]1c1ccc(C(C)C)cc1. The van der Waals surface area contributed by atoms with Crippen LogP contribution in [0.15, 0.2) is 48.0 Å². The Balaban J connectivity index is 1.73. The van der Waals surface area contributed by atoms with E-state index in [1.807, 2.05) is 43.3 Å². The van der Waals surface area contributed by atoms with Crippen LogP contribution in [0, 0.1) is 0 Å². The Labute approximate surface area is 214 Å². The molecule has 0 bridgehead atoms. The van der Waals surface area contributed by atoms with Gasteiger partial charge in [-0.3, -0.25) is 9.59 Å². The lowest BCUT2D eigenvalue weighted by Gasteiger charge is -2.27. The molecule has 2 atom stereocenters. The molecule has 0 unspecified atom stereocenters. The van der Waals surface area contributed by atoms with Gasteiger partial charge in [-0.2, -0.15) is 0 Å². The zero-order valence-electron chi connectivity index (χ0n) is 22.1. The molecule has 0 aromatic heterocycles. The summed E-state index contributed by atoms with van der Waals surface area (Å²) in [5, 5.41) is 11.4. The van der Waals surface area contributed by atoms with Crippen molar-refractivity contribution in [1.29, 1.82) is 0 Å². The number of hydrogen-bond donors (Lipinski definition) is 1. The molecule has 36 heavy (non-hydrogen) atoms. The zero-order valence-corrected chi connectivity index (χ0v) is 22.1. The molecule has 192 valence electrons. The first-order valence-corrected chi connectivity index (χ1v) is 13.2. The normalized spacial score (nSPS) is 20.9. The first-order chi connectivity index (χ1) is 17.2. The Morgan fingerprint density at radius 3 is 2.44 bits per heavy atom. The van der Waals surface area contributed by atoms with Crippen molar-refractivity contribution in [3.8, 4) is 5.75 Å². The monoisotopic (exact) mass is 490 g/mol. The Morgan fingerprint density at radius 1 is 1.11 bits per heavy atom. The minimum atomic E-state index is -0.626. The van der Waals surface area contributed by atoms with E-state index in [2.05, 4.69) is 32.6 Å². The van der Waals surface area contributed by atoms with Gasteiger partial charge < -0.3 is 19.6 Å². The molecule has 0 aliphatic carbocycles. The molecular formula is C30H38N2O4. The minimum Gasteiger partial charge on any atom is -0.507 e. The average Bonchev–Trinajstić information content (AvgIpc) is 3.37. The molecule has 2 aromatic rings. The van der Waals surface area contributed by atoms with Crippen molar-refractivity contribution in [2.24, 2.45) is 0 Å². The largest absolute Gasteiger partial charge is 0.507 e. The molecule has 0 saturated carbocycles. The minimum absolute atomic E-state index is 0.0771. The van der Waals surface area contributed by atoms with Gasteiger partial charge in [-0.05, 0) is 73.8 Å². The summed E-state index contributed by atoms with van der Waals surface area (Å²) in [4.78, 5) is 30.5. The predicted octanol–water partition coefficient (Wildman–Crippen LogP) is 5.29. The third-order valence-corrected chi connectivity index (χ3v) is 7.40. The van der Waals surface area contributed by atoms with Gasteiger partial charge in [0.1, 0.15) is 17.6 Å². The first-order valence-electron chi connectivity index (χ1n) is 13.2. The Hall–Kier alpha value is -3.12. The van der Waals surface area contributed by atoms with E-state index in [-0.39, 0.29) is 17.4 Å².